The van der Waals surface area contributed by atoms with Crippen LogP contribution < -0.4 is 4.74 Å². The summed E-state index contributed by atoms with van der Waals surface area (Å²) in [6.07, 6.45) is 3.58. The Morgan fingerprint density at radius 2 is 2.21 bits per heavy atom. The minimum absolute atomic E-state index is 0.00564. The van der Waals surface area contributed by atoms with Crippen LogP contribution in [0.1, 0.15) is 23.3 Å². The van der Waals surface area contributed by atoms with Gasteiger partial charge in [-0.15, -0.1) is 0 Å². The van der Waals surface area contributed by atoms with Crippen molar-refractivity contribution in [3.05, 3.63) is 18.1 Å². The van der Waals surface area contributed by atoms with E-state index in [0.29, 0.717) is 6.42 Å². The zero-order valence-electron chi connectivity index (χ0n) is 7.93. The number of ketones is 1. The quantitative estimate of drug-likeness (QED) is 0.692. The molecule has 14 heavy (non-hydrogen) atoms. The number of rotatable bonds is 5. The number of nitrogens with zero attached hydrogens (tertiary/aromatic N) is 2. The van der Waals surface area contributed by atoms with Gasteiger partial charge in [-0.3, -0.25) is 4.79 Å². The predicted molar refractivity (Wildman–Crippen MR) is 49.2 cm³/mol. The van der Waals surface area contributed by atoms with Gasteiger partial charge in [0, 0.05) is 25.4 Å². The zero-order chi connectivity index (χ0) is 10.4. The van der Waals surface area contributed by atoms with E-state index in [4.69, 9.17) is 9.84 Å². The molecule has 5 heteroatoms. The van der Waals surface area contributed by atoms with E-state index in [1.54, 1.807) is 0 Å². The lowest BCUT2D eigenvalue weighted by Crippen LogP contribution is -2.06. The van der Waals surface area contributed by atoms with E-state index in [0.717, 1.165) is 0 Å². The summed E-state index contributed by atoms with van der Waals surface area (Å²) in [6, 6.07) is 0. The molecule has 0 amide bonds. The average molecular weight is 196 g/mol. The highest BCUT2D eigenvalue weighted by Gasteiger charge is 2.13. The third-order valence-corrected chi connectivity index (χ3v) is 1.68. The highest BCUT2D eigenvalue weighted by atomic mass is 16.5. The number of carbonyl (C=O) groups excluding carboxylic acids is 1. The highest BCUT2D eigenvalue weighted by molar-refractivity contribution is 5.96. The largest absolute Gasteiger partial charge is 0.479 e. The second-order valence-corrected chi connectivity index (χ2v) is 2.66. The molecule has 1 rings (SSSR count). The summed E-state index contributed by atoms with van der Waals surface area (Å²) in [7, 11) is 1.44. The van der Waals surface area contributed by atoms with Crippen molar-refractivity contribution in [2.45, 2.75) is 12.8 Å². The first-order valence-corrected chi connectivity index (χ1v) is 4.28. The van der Waals surface area contributed by atoms with Gasteiger partial charge in [-0.1, -0.05) is 0 Å². The van der Waals surface area contributed by atoms with Crippen LogP contribution in [0.3, 0.4) is 0 Å². The number of carbonyl (C=O) groups is 1. The van der Waals surface area contributed by atoms with Gasteiger partial charge in [-0.25, -0.2) is 9.97 Å². The van der Waals surface area contributed by atoms with Crippen LogP contribution in [0.2, 0.25) is 0 Å². The molecule has 0 saturated carbocycles. The van der Waals surface area contributed by atoms with E-state index in [1.807, 2.05) is 0 Å². The molecule has 0 bridgehead atoms. The fourth-order valence-corrected chi connectivity index (χ4v) is 1.02. The molecular formula is C9H12N2O3. The molecule has 5 nitrogen and oxygen atoms in total. The first-order chi connectivity index (χ1) is 6.79. The van der Waals surface area contributed by atoms with Gasteiger partial charge in [-0.05, 0) is 6.42 Å². The van der Waals surface area contributed by atoms with Gasteiger partial charge in [0.15, 0.2) is 11.5 Å². The topological polar surface area (TPSA) is 72.3 Å². The van der Waals surface area contributed by atoms with Crippen LogP contribution in [-0.4, -0.2) is 34.6 Å². The molecule has 0 aliphatic carbocycles. The Morgan fingerprint density at radius 1 is 1.50 bits per heavy atom. The van der Waals surface area contributed by atoms with E-state index < -0.39 is 0 Å². The van der Waals surface area contributed by atoms with Crippen molar-refractivity contribution in [2.24, 2.45) is 0 Å². The molecule has 1 aromatic rings. The Morgan fingerprint density at radius 3 is 2.86 bits per heavy atom. The van der Waals surface area contributed by atoms with Gasteiger partial charge < -0.3 is 9.84 Å². The molecule has 0 fully saturated rings. The minimum Gasteiger partial charge on any atom is -0.479 e. The maximum absolute atomic E-state index is 11.5. The summed E-state index contributed by atoms with van der Waals surface area (Å²) < 4.78 is 4.89. The lowest BCUT2D eigenvalue weighted by Gasteiger charge is -2.03. The van der Waals surface area contributed by atoms with Gasteiger partial charge in [0.2, 0.25) is 5.88 Å². The van der Waals surface area contributed by atoms with Crippen molar-refractivity contribution in [2.75, 3.05) is 13.7 Å². The number of hydrogen-bond acceptors (Lipinski definition) is 5. The smallest absolute Gasteiger partial charge is 0.243 e. The van der Waals surface area contributed by atoms with Crippen LogP contribution in [0.4, 0.5) is 0 Å². The molecule has 76 valence electrons. The zero-order valence-corrected chi connectivity index (χ0v) is 7.93. The molecule has 0 unspecified atom stereocenters. The Labute approximate surface area is 81.8 Å². The Hall–Kier alpha value is -1.49. The Balaban J connectivity index is 2.78. The van der Waals surface area contributed by atoms with Crippen molar-refractivity contribution in [1.82, 2.24) is 9.97 Å². The van der Waals surface area contributed by atoms with Gasteiger partial charge in [0.25, 0.3) is 0 Å². The number of aliphatic hydroxyl groups excluding tert-OH is 1. The third-order valence-electron chi connectivity index (χ3n) is 1.68. The van der Waals surface area contributed by atoms with Crippen LogP contribution in [0.15, 0.2) is 12.4 Å². The maximum Gasteiger partial charge on any atom is 0.243 e. The standard InChI is InChI=1S/C9H12N2O3/c1-14-9-8(10-4-5-11-9)7(13)3-2-6-12/h4-5,12H,2-3,6H2,1H3. The van der Waals surface area contributed by atoms with Crippen LogP contribution >= 0.6 is 0 Å². The minimum atomic E-state index is -0.163. The summed E-state index contributed by atoms with van der Waals surface area (Å²) in [5.41, 5.74) is 0.225. The molecule has 0 atom stereocenters. The monoisotopic (exact) mass is 196 g/mol. The van der Waals surface area contributed by atoms with Crippen molar-refractivity contribution in [3.63, 3.8) is 0 Å². The summed E-state index contributed by atoms with van der Waals surface area (Å²) >= 11 is 0. The van der Waals surface area contributed by atoms with Crippen molar-refractivity contribution in [3.8, 4) is 5.88 Å². The summed E-state index contributed by atoms with van der Waals surface area (Å²) in [5, 5.41) is 8.57. The highest BCUT2D eigenvalue weighted by Crippen LogP contribution is 2.13. The van der Waals surface area contributed by atoms with Gasteiger partial charge >= 0.3 is 0 Å². The SMILES string of the molecule is COc1nccnc1C(=O)CCCO. The molecule has 0 aromatic carbocycles. The van der Waals surface area contributed by atoms with Crippen molar-refractivity contribution >= 4 is 5.78 Å². The molecular weight excluding hydrogens is 184 g/mol. The van der Waals surface area contributed by atoms with Crippen LogP contribution in [-0.2, 0) is 0 Å². The van der Waals surface area contributed by atoms with Crippen LogP contribution in [0.5, 0.6) is 5.88 Å². The number of aromatic nitrogens is 2. The van der Waals surface area contributed by atoms with Crippen LogP contribution in [0, 0.1) is 0 Å². The molecule has 1 aromatic heterocycles. The second kappa shape index (κ2) is 5.29. The lowest BCUT2D eigenvalue weighted by molar-refractivity contribution is 0.0962. The number of aliphatic hydroxyl groups is 1. The molecule has 0 aliphatic rings. The van der Waals surface area contributed by atoms with Gasteiger partial charge in [-0.2, -0.15) is 0 Å². The van der Waals surface area contributed by atoms with Crippen molar-refractivity contribution in [1.29, 1.82) is 0 Å². The number of methoxy groups -OCH3 is 1. The van der Waals surface area contributed by atoms with Crippen molar-refractivity contribution < 1.29 is 14.6 Å². The summed E-state index contributed by atoms with van der Waals surface area (Å²) in [6.45, 7) is -0.00564. The Bertz CT molecular complexity index is 315. The average Bonchev–Trinajstić information content (AvgIpc) is 2.25. The Kier molecular flexibility index (Phi) is 4.00. The first-order valence-electron chi connectivity index (χ1n) is 4.28. The fraction of sp³-hybridized carbons (Fsp3) is 0.444. The molecule has 1 N–H and O–H groups in total. The maximum atomic E-state index is 11.5. The van der Waals surface area contributed by atoms with E-state index in [1.165, 1.54) is 19.5 Å². The number of hydrogen-bond donors (Lipinski definition) is 1. The first kappa shape index (κ1) is 10.6. The van der Waals surface area contributed by atoms with Gasteiger partial charge in [0.05, 0.1) is 7.11 Å². The van der Waals surface area contributed by atoms with Gasteiger partial charge in [0.1, 0.15) is 0 Å². The predicted octanol–water partition coefficient (Wildman–Crippen LogP) is 0.440. The van der Waals surface area contributed by atoms with Crippen LogP contribution in [0.25, 0.3) is 0 Å². The number of Topliss-reactive ketones (excluding diaryl/α,β-unsaturated/α-hetero) is 1. The third kappa shape index (κ3) is 2.50. The second-order valence-electron chi connectivity index (χ2n) is 2.66. The molecule has 0 radical (unpaired) electrons. The molecule has 0 aliphatic heterocycles. The van der Waals surface area contributed by atoms with E-state index in [2.05, 4.69) is 9.97 Å². The summed E-state index contributed by atoms with van der Waals surface area (Å²) in [5.74, 6) is 0.0689. The van der Waals surface area contributed by atoms with E-state index in [-0.39, 0.29) is 30.4 Å². The number of ether oxygens (including phenoxy) is 1. The molecule has 0 spiro atoms. The molecule has 1 heterocycles. The normalized spacial score (nSPS) is 9.86. The fourth-order valence-electron chi connectivity index (χ4n) is 1.02. The van der Waals surface area contributed by atoms with E-state index in [9.17, 15) is 4.79 Å². The van der Waals surface area contributed by atoms with E-state index >= 15 is 0 Å². The lowest BCUT2D eigenvalue weighted by atomic mass is 10.2. The molecule has 0 saturated heterocycles. The summed E-state index contributed by atoms with van der Waals surface area (Å²) in [4.78, 5) is 19.2.